The summed E-state index contributed by atoms with van der Waals surface area (Å²) in [7, 11) is 0. The summed E-state index contributed by atoms with van der Waals surface area (Å²) >= 11 is 0. The van der Waals surface area contributed by atoms with E-state index in [9.17, 15) is 61.3 Å². The lowest BCUT2D eigenvalue weighted by Gasteiger charge is -2.65. The average Bonchev–Trinajstić information content (AvgIpc) is 3.40. The Morgan fingerprint density at radius 3 is 1.94 bits per heavy atom. The lowest BCUT2D eigenvalue weighted by Crippen LogP contribution is -2.65. The number of aliphatic hydroxyl groups excluding tert-OH is 11. The molecule has 66 heavy (non-hydrogen) atoms. The fourth-order valence-corrected chi connectivity index (χ4v) is 16.4. The molecule has 4 aliphatic heterocycles. The molecule has 9 fully saturated rings. The molecular weight excluding hydrogens is 868 g/mol. The van der Waals surface area contributed by atoms with E-state index in [1.54, 1.807) is 0 Å². The number of rotatable bonds is 11. The smallest absolute Gasteiger partial charge is 0.187 e. The van der Waals surface area contributed by atoms with Crippen LogP contribution < -0.4 is 0 Å². The predicted octanol–water partition coefficient (Wildman–Crippen LogP) is -1.45. The fourth-order valence-electron chi connectivity index (χ4n) is 16.4. The van der Waals surface area contributed by atoms with Gasteiger partial charge in [-0.15, -0.1) is 0 Å². The van der Waals surface area contributed by atoms with Crippen molar-refractivity contribution in [3.63, 3.8) is 0 Å². The molecule has 25 atom stereocenters. The van der Waals surface area contributed by atoms with Crippen LogP contribution in [0.4, 0.5) is 0 Å². The summed E-state index contributed by atoms with van der Waals surface area (Å²) in [5, 5.41) is 129. The zero-order valence-corrected chi connectivity index (χ0v) is 39.4. The summed E-state index contributed by atoms with van der Waals surface area (Å²) in [5.41, 5.74) is -5.47. The normalized spacial score (nSPS) is 57.8. The standard InChI is InChI=1S/C47H78O19/c1-40(2)26(63-38-33(31(56)29(54)24(17-49)62-38)64-39-36(58)47(59,19-50)20-60-39)9-11-46-18-45(46)13-12-42(5)35(22(52)15-43(42,6)25(45)14-21(51)34(40)46)44(7)10-8-27(65-44)41(3,4)66-37-32(57)30(55)28(53)23(16-48)61-37/h21-39,48-59H,8-20H2,1-7H3. The summed E-state index contributed by atoms with van der Waals surface area (Å²) in [6, 6.07) is 0. The third-order valence-electron chi connectivity index (χ3n) is 20.0. The molecular formula is C47H78O19. The topological polar surface area (TPSA) is 307 Å². The van der Waals surface area contributed by atoms with Gasteiger partial charge in [0.2, 0.25) is 0 Å². The number of hydrogen-bond donors (Lipinski definition) is 12. The summed E-state index contributed by atoms with van der Waals surface area (Å²) in [6.07, 6.45) is -13.6. The van der Waals surface area contributed by atoms with Crippen molar-refractivity contribution in [3.8, 4) is 0 Å². The van der Waals surface area contributed by atoms with Crippen molar-refractivity contribution in [1.82, 2.24) is 0 Å². The van der Waals surface area contributed by atoms with Crippen molar-refractivity contribution in [3.05, 3.63) is 0 Å². The zero-order chi connectivity index (χ0) is 48.1. The van der Waals surface area contributed by atoms with Gasteiger partial charge in [-0.3, -0.25) is 0 Å². The van der Waals surface area contributed by atoms with Gasteiger partial charge in [-0.05, 0) is 117 Å². The molecule has 0 amide bonds. The summed E-state index contributed by atoms with van der Waals surface area (Å²) in [5.74, 6) is -0.336. The molecule has 2 spiro atoms. The van der Waals surface area contributed by atoms with E-state index in [0.29, 0.717) is 32.1 Å². The Labute approximate surface area is 386 Å². The van der Waals surface area contributed by atoms with E-state index in [4.69, 9.17) is 33.2 Å². The predicted molar refractivity (Wildman–Crippen MR) is 226 cm³/mol. The lowest BCUT2D eigenvalue weighted by atomic mass is 9.41. The van der Waals surface area contributed by atoms with Gasteiger partial charge in [-0.2, -0.15) is 0 Å². The molecule has 5 saturated carbocycles. The first kappa shape index (κ1) is 50.2. The van der Waals surface area contributed by atoms with Gasteiger partial charge < -0.3 is 94.4 Å². The maximum absolute atomic E-state index is 12.6. The van der Waals surface area contributed by atoms with Gasteiger partial charge in [-0.1, -0.05) is 27.7 Å². The molecule has 12 N–H and O–H groups in total. The molecule has 9 rings (SSSR count). The highest BCUT2D eigenvalue weighted by Crippen LogP contribution is 2.89. The highest BCUT2D eigenvalue weighted by molar-refractivity contribution is 5.33. The molecule has 25 unspecified atom stereocenters. The minimum absolute atomic E-state index is 0.0854. The van der Waals surface area contributed by atoms with E-state index in [1.807, 2.05) is 13.8 Å². The Bertz CT molecular complexity index is 1790. The highest BCUT2D eigenvalue weighted by atomic mass is 16.8. The monoisotopic (exact) mass is 947 g/mol. The van der Waals surface area contributed by atoms with Gasteiger partial charge in [0, 0.05) is 5.92 Å². The van der Waals surface area contributed by atoms with Crippen LogP contribution in [-0.4, -0.2) is 203 Å². The molecule has 0 aromatic heterocycles. The first-order valence-electron chi connectivity index (χ1n) is 24.3. The van der Waals surface area contributed by atoms with Gasteiger partial charge in [0.05, 0.1) is 62.0 Å². The minimum atomic E-state index is -2.01. The minimum Gasteiger partial charge on any atom is -0.394 e. The summed E-state index contributed by atoms with van der Waals surface area (Å²) < 4.78 is 43.2. The molecule has 0 aromatic rings. The van der Waals surface area contributed by atoms with Crippen LogP contribution in [0.2, 0.25) is 0 Å². The Balaban J connectivity index is 0.918. The van der Waals surface area contributed by atoms with Crippen LogP contribution in [0.15, 0.2) is 0 Å². The van der Waals surface area contributed by atoms with Crippen molar-refractivity contribution >= 4 is 0 Å². The molecule has 4 saturated heterocycles. The Morgan fingerprint density at radius 2 is 1.30 bits per heavy atom. The molecule has 5 aliphatic carbocycles. The van der Waals surface area contributed by atoms with Crippen molar-refractivity contribution in [2.45, 2.75) is 221 Å². The molecule has 9 aliphatic rings. The van der Waals surface area contributed by atoms with Crippen molar-refractivity contribution in [2.75, 3.05) is 26.4 Å². The van der Waals surface area contributed by atoms with Crippen molar-refractivity contribution in [1.29, 1.82) is 0 Å². The fraction of sp³-hybridized carbons (Fsp3) is 1.00. The molecule has 380 valence electrons. The highest BCUT2D eigenvalue weighted by Gasteiger charge is 2.85. The Morgan fingerprint density at radius 1 is 0.652 bits per heavy atom. The molecule has 0 bridgehead atoms. The second-order valence-electron chi connectivity index (χ2n) is 24.0. The van der Waals surface area contributed by atoms with Gasteiger partial charge >= 0.3 is 0 Å². The van der Waals surface area contributed by atoms with Gasteiger partial charge in [-0.25, -0.2) is 0 Å². The maximum Gasteiger partial charge on any atom is 0.187 e. The van der Waals surface area contributed by atoms with Crippen molar-refractivity contribution in [2.24, 2.45) is 44.8 Å². The molecule has 0 aromatic carbocycles. The molecule has 0 radical (unpaired) electrons. The van der Waals surface area contributed by atoms with E-state index in [2.05, 4.69) is 34.6 Å². The summed E-state index contributed by atoms with van der Waals surface area (Å²) in [4.78, 5) is 0. The van der Waals surface area contributed by atoms with Crippen LogP contribution in [0.25, 0.3) is 0 Å². The van der Waals surface area contributed by atoms with E-state index >= 15 is 0 Å². The zero-order valence-electron chi connectivity index (χ0n) is 39.4. The van der Waals surface area contributed by atoms with Crippen molar-refractivity contribution < 1.29 is 94.4 Å². The maximum atomic E-state index is 12.6. The lowest BCUT2D eigenvalue weighted by molar-refractivity contribution is -0.355. The molecule has 19 heteroatoms. The quantitative estimate of drug-likeness (QED) is 0.106. The van der Waals surface area contributed by atoms with Crippen LogP contribution in [0, 0.1) is 44.8 Å². The first-order chi connectivity index (χ1) is 30.7. The van der Waals surface area contributed by atoms with Crippen LogP contribution in [-0.2, 0) is 33.2 Å². The second kappa shape index (κ2) is 16.6. The first-order valence-corrected chi connectivity index (χ1v) is 24.3. The number of aliphatic hydroxyl groups is 12. The third-order valence-corrected chi connectivity index (χ3v) is 20.0. The Hall–Kier alpha value is -0.760. The third kappa shape index (κ3) is 7.06. The number of ether oxygens (including phenoxy) is 7. The van der Waals surface area contributed by atoms with E-state index in [0.717, 1.165) is 25.7 Å². The molecule has 4 heterocycles. The second-order valence-corrected chi connectivity index (χ2v) is 24.0. The molecule has 19 nitrogen and oxygen atoms in total. The Kier molecular flexibility index (Phi) is 12.7. The largest absolute Gasteiger partial charge is 0.394 e. The van der Waals surface area contributed by atoms with Crippen LogP contribution in [0.3, 0.4) is 0 Å². The van der Waals surface area contributed by atoms with E-state index in [-0.39, 0.29) is 39.4 Å². The summed E-state index contributed by atoms with van der Waals surface area (Å²) in [6.45, 7) is 12.0. The van der Waals surface area contributed by atoms with Crippen LogP contribution in [0.1, 0.15) is 106 Å². The SMILES string of the molecule is CC(C)(OC1OC(CO)C(O)C(O)C1O)C1CCC(C)(C2C(O)CC3(C)C4CC(O)C5C(C)(C)C(OC6OC(CO)C(O)C(O)C6OC6OCC(O)(CO)C6O)CCC56CC46CCC23C)O1. The van der Waals surface area contributed by atoms with E-state index < -0.39 is 147 Å². The van der Waals surface area contributed by atoms with Gasteiger partial charge in [0.25, 0.3) is 0 Å². The van der Waals surface area contributed by atoms with Gasteiger partial charge in [0.15, 0.2) is 18.9 Å². The van der Waals surface area contributed by atoms with Crippen LogP contribution in [0.5, 0.6) is 0 Å². The number of fused-ring (bicyclic) bond motifs is 2. The van der Waals surface area contributed by atoms with Crippen LogP contribution >= 0.6 is 0 Å². The van der Waals surface area contributed by atoms with E-state index in [1.165, 1.54) is 0 Å². The average molecular weight is 947 g/mol. The number of hydrogen-bond acceptors (Lipinski definition) is 19. The van der Waals surface area contributed by atoms with Gasteiger partial charge in [0.1, 0.15) is 60.5 Å².